The summed E-state index contributed by atoms with van der Waals surface area (Å²) in [5, 5.41) is 3.17. The summed E-state index contributed by atoms with van der Waals surface area (Å²) >= 11 is 0. The number of anilines is 3. The highest BCUT2D eigenvalue weighted by molar-refractivity contribution is 5.63. The van der Waals surface area contributed by atoms with Crippen LogP contribution >= 0.6 is 0 Å². The second kappa shape index (κ2) is 5.43. The molecule has 0 aliphatic rings. The largest absolute Gasteiger partial charge is 0.493 e. The van der Waals surface area contributed by atoms with E-state index in [0.29, 0.717) is 17.3 Å². The van der Waals surface area contributed by atoms with Crippen molar-refractivity contribution in [2.75, 3.05) is 25.3 Å². The molecule has 0 aliphatic carbocycles. The lowest BCUT2D eigenvalue weighted by Gasteiger charge is -2.12. The fourth-order valence-electron chi connectivity index (χ4n) is 1.63. The summed E-state index contributed by atoms with van der Waals surface area (Å²) in [6, 6.07) is 5.52. The smallest absolute Gasteiger partial charge is 0.221 e. The fourth-order valence-corrected chi connectivity index (χ4v) is 1.63. The minimum Gasteiger partial charge on any atom is -0.493 e. The number of nitrogen functional groups attached to an aromatic ring is 1. The van der Waals surface area contributed by atoms with Crippen LogP contribution in [0.1, 0.15) is 5.56 Å². The van der Waals surface area contributed by atoms with Crippen molar-refractivity contribution < 1.29 is 9.47 Å². The van der Waals surface area contributed by atoms with Crippen molar-refractivity contribution in [2.24, 2.45) is 0 Å². The standard InChI is InChI=1S/C13H16N4O2/c1-8-7-15-13(14)17-12(8)16-9-4-5-10(18-2)11(6-9)19-3/h4-7H,1-3H3,(H3,14,15,16,17). The summed E-state index contributed by atoms with van der Waals surface area (Å²) < 4.78 is 10.4. The van der Waals surface area contributed by atoms with E-state index in [1.165, 1.54) is 0 Å². The first-order chi connectivity index (χ1) is 9.13. The molecule has 0 spiro atoms. The van der Waals surface area contributed by atoms with Gasteiger partial charge in [0, 0.05) is 23.5 Å². The van der Waals surface area contributed by atoms with Gasteiger partial charge in [0.05, 0.1) is 14.2 Å². The Kier molecular flexibility index (Phi) is 3.70. The lowest BCUT2D eigenvalue weighted by atomic mass is 10.2. The molecule has 0 unspecified atom stereocenters. The van der Waals surface area contributed by atoms with Gasteiger partial charge in [-0.15, -0.1) is 0 Å². The van der Waals surface area contributed by atoms with Gasteiger partial charge in [-0.05, 0) is 19.1 Å². The number of methoxy groups -OCH3 is 2. The summed E-state index contributed by atoms with van der Waals surface area (Å²) in [5.41, 5.74) is 7.31. The number of nitrogens with zero attached hydrogens (tertiary/aromatic N) is 2. The summed E-state index contributed by atoms with van der Waals surface area (Å²) in [6.07, 6.45) is 1.67. The molecule has 0 saturated carbocycles. The van der Waals surface area contributed by atoms with Gasteiger partial charge in [0.25, 0.3) is 0 Å². The Hall–Kier alpha value is -2.50. The average molecular weight is 260 g/mol. The van der Waals surface area contributed by atoms with E-state index < -0.39 is 0 Å². The molecule has 3 N–H and O–H groups in total. The number of rotatable bonds is 4. The molecule has 0 radical (unpaired) electrons. The highest BCUT2D eigenvalue weighted by Gasteiger charge is 2.07. The number of benzene rings is 1. The molecular weight excluding hydrogens is 244 g/mol. The van der Waals surface area contributed by atoms with Crippen LogP contribution in [0.3, 0.4) is 0 Å². The van der Waals surface area contributed by atoms with Crippen LogP contribution in [0.15, 0.2) is 24.4 Å². The molecule has 1 heterocycles. The maximum Gasteiger partial charge on any atom is 0.221 e. The van der Waals surface area contributed by atoms with E-state index in [9.17, 15) is 0 Å². The van der Waals surface area contributed by atoms with Gasteiger partial charge in [0.1, 0.15) is 5.82 Å². The molecule has 0 amide bonds. The third-order valence-corrected chi connectivity index (χ3v) is 2.64. The van der Waals surface area contributed by atoms with Crippen molar-refractivity contribution in [3.05, 3.63) is 30.0 Å². The van der Waals surface area contributed by atoms with Crippen molar-refractivity contribution in [3.8, 4) is 11.5 Å². The molecule has 1 aromatic heterocycles. The first-order valence-electron chi connectivity index (χ1n) is 5.72. The Bertz CT molecular complexity index is 587. The number of hydrogen-bond donors (Lipinski definition) is 2. The van der Waals surface area contributed by atoms with E-state index in [1.54, 1.807) is 20.4 Å². The summed E-state index contributed by atoms with van der Waals surface area (Å²) in [7, 11) is 3.19. The topological polar surface area (TPSA) is 82.3 Å². The Morgan fingerprint density at radius 3 is 2.58 bits per heavy atom. The number of hydrogen-bond acceptors (Lipinski definition) is 6. The highest BCUT2D eigenvalue weighted by atomic mass is 16.5. The summed E-state index contributed by atoms with van der Waals surface area (Å²) in [4.78, 5) is 8.07. The van der Waals surface area contributed by atoms with Gasteiger partial charge in [-0.25, -0.2) is 4.98 Å². The van der Waals surface area contributed by atoms with Crippen LogP contribution in [0.2, 0.25) is 0 Å². The van der Waals surface area contributed by atoms with Crippen LogP contribution in [0.4, 0.5) is 17.5 Å². The predicted octanol–water partition coefficient (Wildman–Crippen LogP) is 2.13. The zero-order chi connectivity index (χ0) is 13.8. The van der Waals surface area contributed by atoms with Crippen LogP contribution in [0.5, 0.6) is 11.5 Å². The van der Waals surface area contributed by atoms with Gasteiger partial charge in [-0.1, -0.05) is 0 Å². The van der Waals surface area contributed by atoms with Crippen molar-refractivity contribution >= 4 is 17.5 Å². The number of nitrogens with one attached hydrogen (secondary N) is 1. The van der Waals surface area contributed by atoms with Crippen LogP contribution in [0.25, 0.3) is 0 Å². The van der Waals surface area contributed by atoms with Gasteiger partial charge in [-0.3, -0.25) is 0 Å². The fraction of sp³-hybridized carbons (Fsp3) is 0.231. The average Bonchev–Trinajstić information content (AvgIpc) is 2.42. The van der Waals surface area contributed by atoms with E-state index >= 15 is 0 Å². The Morgan fingerprint density at radius 2 is 1.89 bits per heavy atom. The predicted molar refractivity (Wildman–Crippen MR) is 74.0 cm³/mol. The van der Waals surface area contributed by atoms with Crippen LogP contribution in [-0.2, 0) is 0 Å². The van der Waals surface area contributed by atoms with E-state index in [0.717, 1.165) is 11.3 Å². The van der Waals surface area contributed by atoms with Crippen molar-refractivity contribution in [3.63, 3.8) is 0 Å². The van der Waals surface area contributed by atoms with Crippen LogP contribution in [-0.4, -0.2) is 24.2 Å². The number of ether oxygens (including phenoxy) is 2. The maximum atomic E-state index is 5.58. The second-order valence-corrected chi connectivity index (χ2v) is 3.95. The first-order valence-corrected chi connectivity index (χ1v) is 5.72. The molecule has 1 aromatic carbocycles. The zero-order valence-corrected chi connectivity index (χ0v) is 11.1. The summed E-state index contributed by atoms with van der Waals surface area (Å²) in [6.45, 7) is 1.91. The molecule has 2 aromatic rings. The molecule has 0 aliphatic heterocycles. The van der Waals surface area contributed by atoms with E-state index in [4.69, 9.17) is 15.2 Å². The van der Waals surface area contributed by atoms with E-state index in [-0.39, 0.29) is 5.95 Å². The van der Waals surface area contributed by atoms with Gasteiger partial charge in [0.2, 0.25) is 5.95 Å². The molecule has 2 rings (SSSR count). The number of aryl methyl sites for hydroxylation is 1. The maximum absolute atomic E-state index is 5.58. The highest BCUT2D eigenvalue weighted by Crippen LogP contribution is 2.31. The minimum atomic E-state index is 0.230. The molecule has 19 heavy (non-hydrogen) atoms. The monoisotopic (exact) mass is 260 g/mol. The third-order valence-electron chi connectivity index (χ3n) is 2.64. The van der Waals surface area contributed by atoms with Crippen molar-refractivity contribution in [2.45, 2.75) is 6.92 Å². The molecule has 100 valence electrons. The van der Waals surface area contributed by atoms with Crippen LogP contribution < -0.4 is 20.5 Å². The van der Waals surface area contributed by atoms with Gasteiger partial charge in [0.15, 0.2) is 11.5 Å². The molecule has 0 saturated heterocycles. The summed E-state index contributed by atoms with van der Waals surface area (Å²) in [5.74, 6) is 2.22. The van der Waals surface area contributed by atoms with E-state index in [2.05, 4.69) is 15.3 Å². The normalized spacial score (nSPS) is 10.1. The molecular formula is C13H16N4O2. The molecule has 0 fully saturated rings. The third kappa shape index (κ3) is 2.85. The quantitative estimate of drug-likeness (QED) is 0.876. The SMILES string of the molecule is COc1ccc(Nc2nc(N)ncc2C)cc1OC. The van der Waals surface area contributed by atoms with Gasteiger partial charge >= 0.3 is 0 Å². The Balaban J connectivity index is 2.30. The van der Waals surface area contributed by atoms with Gasteiger partial charge in [-0.2, -0.15) is 4.98 Å². The molecule has 6 heteroatoms. The lowest BCUT2D eigenvalue weighted by Crippen LogP contribution is -2.02. The second-order valence-electron chi connectivity index (χ2n) is 3.95. The molecule has 0 atom stereocenters. The van der Waals surface area contributed by atoms with Crippen molar-refractivity contribution in [1.82, 2.24) is 9.97 Å². The minimum absolute atomic E-state index is 0.230. The lowest BCUT2D eigenvalue weighted by molar-refractivity contribution is 0.355. The van der Waals surface area contributed by atoms with Crippen molar-refractivity contribution in [1.29, 1.82) is 0 Å². The molecule has 6 nitrogen and oxygen atoms in total. The van der Waals surface area contributed by atoms with Gasteiger partial charge < -0.3 is 20.5 Å². The number of nitrogens with two attached hydrogens (primary N) is 1. The Morgan fingerprint density at radius 1 is 1.16 bits per heavy atom. The van der Waals surface area contributed by atoms with E-state index in [1.807, 2.05) is 25.1 Å². The first kappa shape index (κ1) is 12.9. The number of aromatic nitrogens is 2. The molecule has 0 bridgehead atoms. The Labute approximate surface area is 111 Å². The van der Waals surface area contributed by atoms with Crippen LogP contribution in [0, 0.1) is 6.92 Å². The zero-order valence-electron chi connectivity index (χ0n) is 11.1.